The fourth-order valence-electron chi connectivity index (χ4n) is 4.55. The van der Waals surface area contributed by atoms with Crippen LogP contribution in [0.3, 0.4) is 0 Å². The fraction of sp³-hybridized carbons (Fsp3) is 0.542. The second-order valence-corrected chi connectivity index (χ2v) is 9.39. The molecule has 1 fully saturated rings. The van der Waals surface area contributed by atoms with Crippen molar-refractivity contribution < 1.29 is 5.11 Å². The maximum Gasteiger partial charge on any atom is 0.191 e. The van der Waals surface area contributed by atoms with Gasteiger partial charge in [0.25, 0.3) is 0 Å². The van der Waals surface area contributed by atoms with Gasteiger partial charge in [-0.3, -0.25) is 9.89 Å². The van der Waals surface area contributed by atoms with E-state index >= 15 is 0 Å². The summed E-state index contributed by atoms with van der Waals surface area (Å²) in [5.74, 6) is 0.896. The number of fused-ring (bicyclic) bond motifs is 1. The zero-order valence-corrected chi connectivity index (χ0v) is 18.7. The second kappa shape index (κ2) is 10.4. The summed E-state index contributed by atoms with van der Waals surface area (Å²) in [4.78, 5) is 9.13. The Morgan fingerprint density at radius 2 is 2.00 bits per heavy atom. The predicted molar refractivity (Wildman–Crippen MR) is 125 cm³/mol. The summed E-state index contributed by atoms with van der Waals surface area (Å²) in [6.07, 6.45) is 4.75. The van der Waals surface area contributed by atoms with Gasteiger partial charge < -0.3 is 15.7 Å². The monoisotopic (exact) mass is 426 g/mol. The fourth-order valence-corrected chi connectivity index (χ4v) is 5.44. The standard InChI is InChI=1S/C24H34N4OS/c1-2-25-24(27-20-8-10-21(29)11-9-20)26-16-22(18-6-4-3-5-7-18)28-14-12-23-19(17-28)13-15-30-23/h3-7,13,15,20-22,29H,2,8-12,14,16-17H2,1H3,(H2,25,26,27). The number of thiophene rings is 1. The number of aliphatic hydroxyl groups excluding tert-OH is 1. The molecule has 30 heavy (non-hydrogen) atoms. The number of nitrogens with one attached hydrogen (secondary N) is 2. The molecule has 2 aromatic rings. The summed E-state index contributed by atoms with van der Waals surface area (Å²) < 4.78 is 0. The van der Waals surface area contributed by atoms with Crippen molar-refractivity contribution in [2.24, 2.45) is 4.99 Å². The number of aliphatic hydroxyl groups is 1. The maximum atomic E-state index is 9.79. The first kappa shape index (κ1) is 21.3. The zero-order valence-electron chi connectivity index (χ0n) is 17.9. The Morgan fingerprint density at radius 3 is 2.77 bits per heavy atom. The molecule has 0 amide bonds. The summed E-state index contributed by atoms with van der Waals surface area (Å²) in [6.45, 7) is 5.76. The average Bonchev–Trinajstić information content (AvgIpc) is 3.24. The van der Waals surface area contributed by atoms with Crippen molar-refractivity contribution in [2.45, 2.75) is 63.8 Å². The normalized spacial score (nSPS) is 23.6. The number of hydrogen-bond acceptors (Lipinski definition) is 4. The van der Waals surface area contributed by atoms with Crippen LogP contribution in [0.5, 0.6) is 0 Å². The molecule has 0 bridgehead atoms. The van der Waals surface area contributed by atoms with Gasteiger partial charge in [0.05, 0.1) is 18.7 Å². The lowest BCUT2D eigenvalue weighted by atomic mass is 9.93. The van der Waals surface area contributed by atoms with Gasteiger partial charge in [0.1, 0.15) is 0 Å². The highest BCUT2D eigenvalue weighted by Gasteiger charge is 2.26. The molecule has 1 atom stereocenters. The van der Waals surface area contributed by atoms with Crippen molar-refractivity contribution >= 4 is 17.3 Å². The van der Waals surface area contributed by atoms with Crippen LogP contribution < -0.4 is 10.6 Å². The molecule has 4 rings (SSSR count). The van der Waals surface area contributed by atoms with Crippen LogP contribution in [0.2, 0.25) is 0 Å². The molecule has 6 heteroatoms. The van der Waals surface area contributed by atoms with Crippen molar-refractivity contribution in [2.75, 3.05) is 19.6 Å². The molecule has 0 spiro atoms. The minimum atomic E-state index is -0.133. The summed E-state index contributed by atoms with van der Waals surface area (Å²) in [5, 5.41) is 19.0. The molecule has 2 aliphatic rings. The van der Waals surface area contributed by atoms with Gasteiger partial charge in [0, 0.05) is 30.6 Å². The molecule has 5 nitrogen and oxygen atoms in total. The van der Waals surface area contributed by atoms with Crippen LogP contribution in [0.1, 0.15) is 54.7 Å². The van der Waals surface area contributed by atoms with Crippen LogP contribution in [0.25, 0.3) is 0 Å². The van der Waals surface area contributed by atoms with Gasteiger partial charge in [-0.1, -0.05) is 30.3 Å². The summed E-state index contributed by atoms with van der Waals surface area (Å²) in [6, 6.07) is 13.7. The third-order valence-electron chi connectivity index (χ3n) is 6.27. The highest BCUT2D eigenvalue weighted by molar-refractivity contribution is 7.10. The van der Waals surface area contributed by atoms with Crippen molar-refractivity contribution in [3.8, 4) is 0 Å². The predicted octanol–water partition coefficient (Wildman–Crippen LogP) is 3.71. The van der Waals surface area contributed by atoms with E-state index in [0.717, 1.165) is 64.2 Å². The summed E-state index contributed by atoms with van der Waals surface area (Å²) >= 11 is 1.89. The van der Waals surface area contributed by atoms with E-state index in [4.69, 9.17) is 4.99 Å². The van der Waals surface area contributed by atoms with E-state index < -0.39 is 0 Å². The minimum Gasteiger partial charge on any atom is -0.393 e. The molecule has 0 radical (unpaired) electrons. The van der Waals surface area contributed by atoms with Crippen LogP contribution >= 0.6 is 11.3 Å². The van der Waals surface area contributed by atoms with Crippen molar-refractivity contribution in [3.05, 3.63) is 57.8 Å². The Kier molecular flexibility index (Phi) is 7.42. The van der Waals surface area contributed by atoms with Crippen molar-refractivity contribution in [1.82, 2.24) is 15.5 Å². The number of hydrogen-bond donors (Lipinski definition) is 3. The van der Waals surface area contributed by atoms with Gasteiger partial charge in [-0.2, -0.15) is 0 Å². The molecule has 2 heterocycles. The number of guanidine groups is 1. The number of nitrogens with zero attached hydrogens (tertiary/aromatic N) is 2. The molecule has 1 aromatic carbocycles. The van der Waals surface area contributed by atoms with Crippen molar-refractivity contribution in [3.63, 3.8) is 0 Å². The van der Waals surface area contributed by atoms with Crippen LogP contribution in [-0.2, 0) is 13.0 Å². The first-order valence-corrected chi connectivity index (χ1v) is 12.2. The lowest BCUT2D eigenvalue weighted by Crippen LogP contribution is -2.45. The molecule has 1 unspecified atom stereocenters. The van der Waals surface area contributed by atoms with Crippen LogP contribution in [0, 0.1) is 0 Å². The molecule has 1 aromatic heterocycles. The van der Waals surface area contributed by atoms with E-state index in [0.29, 0.717) is 6.04 Å². The molecule has 162 valence electrons. The van der Waals surface area contributed by atoms with E-state index in [-0.39, 0.29) is 12.1 Å². The first-order chi connectivity index (χ1) is 14.7. The van der Waals surface area contributed by atoms with E-state index in [1.54, 1.807) is 0 Å². The van der Waals surface area contributed by atoms with Crippen LogP contribution in [0.4, 0.5) is 0 Å². The lowest BCUT2D eigenvalue weighted by Gasteiger charge is -2.34. The van der Waals surface area contributed by atoms with Crippen LogP contribution in [-0.4, -0.2) is 47.7 Å². The first-order valence-electron chi connectivity index (χ1n) is 11.3. The number of aliphatic imine (C=N–C) groups is 1. The molecule has 1 saturated carbocycles. The molecule has 1 aliphatic heterocycles. The van der Waals surface area contributed by atoms with Gasteiger partial charge in [0.2, 0.25) is 0 Å². The third kappa shape index (κ3) is 5.42. The third-order valence-corrected chi connectivity index (χ3v) is 7.29. The molecule has 0 saturated heterocycles. The highest BCUT2D eigenvalue weighted by Crippen LogP contribution is 2.30. The SMILES string of the molecule is CCNC(=NCC(c1ccccc1)N1CCc2sccc2C1)NC1CCC(O)CC1. The van der Waals surface area contributed by atoms with Gasteiger partial charge in [-0.15, -0.1) is 11.3 Å². The number of benzene rings is 1. The minimum absolute atomic E-state index is 0.133. The lowest BCUT2D eigenvalue weighted by molar-refractivity contribution is 0.120. The zero-order chi connectivity index (χ0) is 20.8. The van der Waals surface area contributed by atoms with Gasteiger partial charge >= 0.3 is 0 Å². The highest BCUT2D eigenvalue weighted by atomic mass is 32.1. The second-order valence-electron chi connectivity index (χ2n) is 8.39. The van der Waals surface area contributed by atoms with E-state index in [1.165, 1.54) is 16.0 Å². The number of rotatable bonds is 6. The topological polar surface area (TPSA) is 59.9 Å². The van der Waals surface area contributed by atoms with Gasteiger partial charge in [-0.25, -0.2) is 0 Å². The maximum absolute atomic E-state index is 9.79. The quantitative estimate of drug-likeness (QED) is 0.487. The summed E-state index contributed by atoms with van der Waals surface area (Å²) in [7, 11) is 0. The van der Waals surface area contributed by atoms with E-state index in [2.05, 4.69) is 64.2 Å². The molecular weight excluding hydrogens is 392 g/mol. The Hall–Kier alpha value is -1.89. The Bertz CT molecular complexity index is 814. The van der Waals surface area contributed by atoms with E-state index in [1.807, 2.05) is 11.3 Å². The Balaban J connectivity index is 1.48. The average molecular weight is 427 g/mol. The molecule has 1 aliphatic carbocycles. The molecule has 3 N–H and O–H groups in total. The Labute approximate surface area is 184 Å². The Morgan fingerprint density at radius 1 is 1.20 bits per heavy atom. The van der Waals surface area contributed by atoms with Crippen molar-refractivity contribution in [1.29, 1.82) is 0 Å². The molecular formula is C24H34N4OS. The van der Waals surface area contributed by atoms with Gasteiger partial charge in [-0.05, 0) is 61.6 Å². The largest absolute Gasteiger partial charge is 0.393 e. The smallest absolute Gasteiger partial charge is 0.191 e. The van der Waals surface area contributed by atoms with Gasteiger partial charge in [0.15, 0.2) is 5.96 Å². The van der Waals surface area contributed by atoms with Crippen LogP contribution in [0.15, 0.2) is 46.8 Å². The van der Waals surface area contributed by atoms with E-state index in [9.17, 15) is 5.11 Å². The summed E-state index contributed by atoms with van der Waals surface area (Å²) in [5.41, 5.74) is 2.80.